The Labute approximate surface area is 94.5 Å². The van der Waals surface area contributed by atoms with Crippen molar-refractivity contribution in [2.24, 2.45) is 0 Å². The summed E-state index contributed by atoms with van der Waals surface area (Å²) < 4.78 is 20.1. The summed E-state index contributed by atoms with van der Waals surface area (Å²) in [6, 6.07) is 0.885. The minimum Gasteiger partial charge on any atom is -0.381 e. The molecule has 0 spiro atoms. The van der Waals surface area contributed by atoms with E-state index in [9.17, 15) is 0 Å². The van der Waals surface area contributed by atoms with E-state index in [0.29, 0.717) is 6.61 Å². The molecule has 0 unspecified atom stereocenters. The second-order valence-electron chi connectivity index (χ2n) is 2.79. The standard InChI is InChI=1S/C6H16O3Si.C4H8O/c1-5-6-10(7-2,8-3)9-4;1-3-4-5-2/h5-6H2,1-4H3;3H,1,4H2,2H3. The van der Waals surface area contributed by atoms with Gasteiger partial charge in [0.05, 0.1) is 6.61 Å². The Kier molecular flexibility index (Phi) is 13.6. The molecule has 0 aromatic carbocycles. The Balaban J connectivity index is 0. The molecule has 0 fully saturated rings. The fourth-order valence-corrected chi connectivity index (χ4v) is 2.70. The molecule has 0 heterocycles. The van der Waals surface area contributed by atoms with Gasteiger partial charge in [-0.25, -0.2) is 0 Å². The molecule has 4 nitrogen and oxygen atoms in total. The van der Waals surface area contributed by atoms with Crippen molar-refractivity contribution >= 4 is 8.80 Å². The van der Waals surface area contributed by atoms with Crippen LogP contribution < -0.4 is 0 Å². The lowest BCUT2D eigenvalue weighted by molar-refractivity contribution is 0.123. The van der Waals surface area contributed by atoms with Crippen molar-refractivity contribution in [1.29, 1.82) is 0 Å². The number of rotatable bonds is 7. The van der Waals surface area contributed by atoms with Gasteiger partial charge in [0.1, 0.15) is 0 Å². The minimum atomic E-state index is -2.22. The molecule has 0 bridgehead atoms. The predicted molar refractivity (Wildman–Crippen MR) is 64.0 cm³/mol. The van der Waals surface area contributed by atoms with Crippen LogP contribution in [0.4, 0.5) is 0 Å². The predicted octanol–water partition coefficient (Wildman–Crippen LogP) is 2.09. The number of hydrogen-bond donors (Lipinski definition) is 0. The molecule has 0 atom stereocenters. The summed E-state index contributed by atoms with van der Waals surface area (Å²) in [5.41, 5.74) is 0. The van der Waals surface area contributed by atoms with Crippen molar-refractivity contribution in [2.45, 2.75) is 19.4 Å². The Morgan fingerprint density at radius 1 is 1.07 bits per heavy atom. The van der Waals surface area contributed by atoms with Crippen molar-refractivity contribution in [3.05, 3.63) is 12.7 Å². The second-order valence-corrected chi connectivity index (χ2v) is 5.88. The molecule has 0 aromatic heterocycles. The molecule has 0 aliphatic carbocycles. The maximum Gasteiger partial charge on any atom is 0.500 e. The topological polar surface area (TPSA) is 36.9 Å². The summed E-state index contributed by atoms with van der Waals surface area (Å²) in [7, 11) is 4.32. The van der Waals surface area contributed by atoms with E-state index in [-0.39, 0.29) is 0 Å². The Morgan fingerprint density at radius 2 is 1.53 bits per heavy atom. The van der Waals surface area contributed by atoms with Gasteiger partial charge < -0.3 is 18.0 Å². The van der Waals surface area contributed by atoms with Crippen LogP contribution in [0.1, 0.15) is 13.3 Å². The monoisotopic (exact) mass is 236 g/mol. The Morgan fingerprint density at radius 3 is 1.60 bits per heavy atom. The van der Waals surface area contributed by atoms with Gasteiger partial charge in [0.15, 0.2) is 0 Å². The van der Waals surface area contributed by atoms with Gasteiger partial charge in [0.25, 0.3) is 0 Å². The van der Waals surface area contributed by atoms with Crippen molar-refractivity contribution in [2.75, 3.05) is 35.0 Å². The molecular weight excluding hydrogens is 212 g/mol. The normalized spacial score (nSPS) is 10.5. The average Bonchev–Trinajstić information content (AvgIpc) is 2.28. The molecule has 0 radical (unpaired) electrons. The highest BCUT2D eigenvalue weighted by Gasteiger charge is 2.36. The SMILES string of the molecule is C=CCOC.CCC[Si](OC)(OC)OC. The van der Waals surface area contributed by atoms with E-state index < -0.39 is 8.80 Å². The van der Waals surface area contributed by atoms with Crippen LogP contribution in [0.25, 0.3) is 0 Å². The average molecular weight is 236 g/mol. The van der Waals surface area contributed by atoms with E-state index in [1.165, 1.54) is 0 Å². The summed E-state index contributed by atoms with van der Waals surface area (Å²) in [5.74, 6) is 0. The molecule has 0 saturated carbocycles. The third kappa shape index (κ3) is 8.77. The van der Waals surface area contributed by atoms with Gasteiger partial charge in [0.2, 0.25) is 0 Å². The van der Waals surface area contributed by atoms with Crippen molar-refractivity contribution < 1.29 is 18.0 Å². The van der Waals surface area contributed by atoms with Gasteiger partial charge in [-0.1, -0.05) is 19.4 Å². The van der Waals surface area contributed by atoms with Crippen LogP contribution in [0.3, 0.4) is 0 Å². The number of hydrogen-bond acceptors (Lipinski definition) is 4. The van der Waals surface area contributed by atoms with Crippen LogP contribution in [0.2, 0.25) is 6.04 Å². The first kappa shape index (κ1) is 17.2. The zero-order chi connectivity index (χ0) is 12.2. The Hall–Kier alpha value is -0.203. The molecule has 15 heavy (non-hydrogen) atoms. The van der Waals surface area contributed by atoms with Gasteiger partial charge in [-0.3, -0.25) is 0 Å². The molecule has 0 rings (SSSR count). The summed E-state index contributed by atoms with van der Waals surface area (Å²) in [6.45, 7) is 6.16. The number of methoxy groups -OCH3 is 1. The lowest BCUT2D eigenvalue weighted by Gasteiger charge is -2.23. The van der Waals surface area contributed by atoms with Crippen molar-refractivity contribution in [3.8, 4) is 0 Å². The highest BCUT2D eigenvalue weighted by molar-refractivity contribution is 6.60. The molecule has 0 amide bonds. The lowest BCUT2D eigenvalue weighted by Crippen LogP contribution is -2.42. The zero-order valence-electron chi connectivity index (χ0n) is 10.5. The summed E-state index contributed by atoms with van der Waals surface area (Å²) in [4.78, 5) is 0. The maximum atomic E-state index is 5.17. The van der Waals surface area contributed by atoms with Crippen LogP contribution in [-0.4, -0.2) is 43.9 Å². The molecule has 92 valence electrons. The maximum absolute atomic E-state index is 5.17. The second kappa shape index (κ2) is 11.9. The van der Waals surface area contributed by atoms with Crippen LogP contribution in [-0.2, 0) is 18.0 Å². The first-order chi connectivity index (χ1) is 7.16. The molecule has 0 aromatic rings. The summed E-state index contributed by atoms with van der Waals surface area (Å²) >= 11 is 0. The van der Waals surface area contributed by atoms with Crippen LogP contribution >= 0.6 is 0 Å². The highest BCUT2D eigenvalue weighted by Crippen LogP contribution is 2.13. The smallest absolute Gasteiger partial charge is 0.381 e. The lowest BCUT2D eigenvalue weighted by atomic mass is 10.6. The highest BCUT2D eigenvalue weighted by atomic mass is 28.4. The first-order valence-corrected chi connectivity index (χ1v) is 6.84. The first-order valence-electron chi connectivity index (χ1n) is 4.91. The van der Waals surface area contributed by atoms with Crippen molar-refractivity contribution in [3.63, 3.8) is 0 Å². The molecule has 0 aliphatic rings. The third-order valence-corrected chi connectivity index (χ3v) is 4.75. The van der Waals surface area contributed by atoms with Crippen LogP contribution in [0.5, 0.6) is 0 Å². The summed E-state index contributed by atoms with van der Waals surface area (Å²) in [6.07, 6.45) is 2.74. The molecule has 0 N–H and O–H groups in total. The van der Waals surface area contributed by atoms with E-state index in [4.69, 9.17) is 13.3 Å². The molecule has 0 saturated heterocycles. The van der Waals surface area contributed by atoms with Gasteiger partial charge >= 0.3 is 8.80 Å². The zero-order valence-corrected chi connectivity index (χ0v) is 11.5. The fourth-order valence-electron chi connectivity index (χ4n) is 0.980. The molecular formula is C10H24O4Si. The van der Waals surface area contributed by atoms with E-state index >= 15 is 0 Å². The fraction of sp³-hybridized carbons (Fsp3) is 0.800. The van der Waals surface area contributed by atoms with Crippen molar-refractivity contribution in [1.82, 2.24) is 0 Å². The quantitative estimate of drug-likeness (QED) is 0.501. The van der Waals surface area contributed by atoms with Gasteiger partial charge in [-0.05, 0) is 0 Å². The number of ether oxygens (including phenoxy) is 1. The van der Waals surface area contributed by atoms with E-state index in [0.717, 1.165) is 12.5 Å². The Bertz CT molecular complexity index is 129. The van der Waals surface area contributed by atoms with E-state index in [1.807, 2.05) is 0 Å². The third-order valence-electron chi connectivity index (χ3n) is 1.77. The van der Waals surface area contributed by atoms with Gasteiger partial charge in [0, 0.05) is 34.5 Å². The van der Waals surface area contributed by atoms with Gasteiger partial charge in [-0.2, -0.15) is 0 Å². The van der Waals surface area contributed by atoms with E-state index in [1.54, 1.807) is 34.5 Å². The summed E-state index contributed by atoms with van der Waals surface area (Å²) in [5, 5.41) is 0. The molecule has 5 heteroatoms. The minimum absolute atomic E-state index is 0.653. The van der Waals surface area contributed by atoms with Crippen LogP contribution in [0, 0.1) is 0 Å². The van der Waals surface area contributed by atoms with Gasteiger partial charge in [-0.15, -0.1) is 6.58 Å². The van der Waals surface area contributed by atoms with E-state index in [2.05, 4.69) is 18.2 Å². The largest absolute Gasteiger partial charge is 0.500 e. The molecule has 0 aliphatic heterocycles. The van der Waals surface area contributed by atoms with Crippen LogP contribution in [0.15, 0.2) is 12.7 Å².